The number of rotatable bonds is 5. The molecule has 0 atom stereocenters. The monoisotopic (exact) mass is 364 g/mol. The van der Waals surface area contributed by atoms with Crippen molar-refractivity contribution in [2.24, 2.45) is 5.73 Å². The lowest BCUT2D eigenvalue weighted by Gasteiger charge is -2.14. The molecule has 3 N–H and O–H groups in total. The maximum atomic E-state index is 7.90. The van der Waals surface area contributed by atoms with Crippen LogP contribution < -0.4 is 5.73 Å². The molecule has 1 heterocycles. The zero-order valence-electron chi connectivity index (χ0n) is 12.0. The summed E-state index contributed by atoms with van der Waals surface area (Å²) in [5.41, 5.74) is 8.45. The summed E-state index contributed by atoms with van der Waals surface area (Å²) in [5.74, 6) is 0.0472. The predicted octanol–water partition coefficient (Wildman–Crippen LogP) is 3.80. The number of hydrogen-bond acceptors (Lipinski definition) is 4. The molecule has 2 rings (SSSR count). The molecule has 0 amide bonds. The number of nitrogens with two attached hydrogens (primary N) is 1. The molecule has 6 heteroatoms. The first-order valence-electron chi connectivity index (χ1n) is 6.73. The van der Waals surface area contributed by atoms with Crippen LogP contribution in [0.1, 0.15) is 30.7 Å². The number of amidine groups is 1. The van der Waals surface area contributed by atoms with Gasteiger partial charge in [-0.25, -0.2) is 0 Å². The molecule has 0 fully saturated rings. The second-order valence-corrected chi connectivity index (χ2v) is 6.34. The Bertz CT molecular complexity index is 673. The van der Waals surface area contributed by atoms with Crippen LogP contribution in [-0.2, 0) is 12.8 Å². The van der Waals surface area contributed by atoms with Crippen LogP contribution in [0.5, 0.6) is 0 Å². The molecule has 0 saturated carbocycles. The van der Waals surface area contributed by atoms with Gasteiger partial charge in [-0.3, -0.25) is 5.41 Å². The largest absolute Gasteiger partial charge is 0.384 e. The van der Waals surface area contributed by atoms with Crippen molar-refractivity contribution in [3.63, 3.8) is 0 Å². The van der Waals surface area contributed by atoms with Crippen LogP contribution in [0.25, 0.3) is 0 Å². The van der Waals surface area contributed by atoms with Gasteiger partial charge in [-0.15, -0.1) is 5.10 Å². The van der Waals surface area contributed by atoms with Gasteiger partial charge in [-0.05, 0) is 46.5 Å². The molecule has 1 aromatic heterocycles. The predicted molar refractivity (Wildman–Crippen MR) is 90.1 cm³/mol. The Morgan fingerprint density at radius 2 is 1.95 bits per heavy atom. The maximum absolute atomic E-state index is 7.90. The summed E-state index contributed by atoms with van der Waals surface area (Å²) in [6, 6.07) is 7.91. The van der Waals surface area contributed by atoms with Crippen molar-refractivity contribution in [2.75, 3.05) is 0 Å². The molecule has 21 heavy (non-hydrogen) atoms. The van der Waals surface area contributed by atoms with Gasteiger partial charge in [0.25, 0.3) is 0 Å². The van der Waals surface area contributed by atoms with Gasteiger partial charge in [0.05, 0.1) is 11.3 Å². The van der Waals surface area contributed by atoms with Gasteiger partial charge >= 0.3 is 0 Å². The Hall–Kier alpha value is -1.40. The molecule has 110 valence electrons. The van der Waals surface area contributed by atoms with E-state index in [4.69, 9.17) is 11.1 Å². The number of nitrogen functional groups attached to an aromatic ring is 1. The number of benzene rings is 1. The van der Waals surface area contributed by atoms with Gasteiger partial charge in [-0.2, -0.15) is 5.10 Å². The molecule has 0 saturated heterocycles. The number of halogens is 1. The third-order valence-electron chi connectivity index (χ3n) is 3.13. The molecule has 0 unspecified atom stereocenters. The fourth-order valence-corrected chi connectivity index (χ4v) is 3.60. The van der Waals surface area contributed by atoms with Crippen molar-refractivity contribution in [1.82, 2.24) is 10.2 Å². The second-order valence-electron chi connectivity index (χ2n) is 4.46. The van der Waals surface area contributed by atoms with Crippen molar-refractivity contribution < 1.29 is 0 Å². The molecule has 0 spiro atoms. The van der Waals surface area contributed by atoms with Crippen molar-refractivity contribution in [3.8, 4) is 0 Å². The average molecular weight is 365 g/mol. The minimum absolute atomic E-state index is 0.0472. The zero-order chi connectivity index (χ0) is 15.4. The smallest absolute Gasteiger partial charge is 0.135 e. The van der Waals surface area contributed by atoms with Gasteiger partial charge in [0, 0.05) is 9.37 Å². The molecule has 0 bridgehead atoms. The van der Waals surface area contributed by atoms with E-state index in [0.717, 1.165) is 33.5 Å². The first-order valence-corrected chi connectivity index (χ1v) is 8.34. The molecular weight excluding hydrogens is 348 g/mol. The van der Waals surface area contributed by atoms with Crippen LogP contribution in [0.15, 0.2) is 38.7 Å². The SMILES string of the molecule is CCc1nnc(Sc2ccccc2Br)c(C(=N)N)c1CC. The van der Waals surface area contributed by atoms with Crippen LogP contribution >= 0.6 is 27.7 Å². The van der Waals surface area contributed by atoms with E-state index in [1.165, 1.54) is 11.8 Å². The highest BCUT2D eigenvalue weighted by Gasteiger charge is 2.18. The number of aryl methyl sites for hydroxylation is 1. The molecule has 0 aliphatic carbocycles. The third kappa shape index (κ3) is 3.44. The van der Waals surface area contributed by atoms with E-state index in [1.54, 1.807) is 0 Å². The number of nitrogens with zero attached hydrogens (tertiary/aromatic N) is 2. The fourth-order valence-electron chi connectivity index (χ4n) is 2.14. The first-order chi connectivity index (χ1) is 10.1. The quantitative estimate of drug-likeness (QED) is 0.624. The van der Waals surface area contributed by atoms with Crippen LogP contribution in [-0.4, -0.2) is 16.0 Å². The van der Waals surface area contributed by atoms with Crippen molar-refractivity contribution in [3.05, 3.63) is 45.6 Å². The Morgan fingerprint density at radius 1 is 1.24 bits per heavy atom. The van der Waals surface area contributed by atoms with Gasteiger partial charge < -0.3 is 5.73 Å². The Balaban J connectivity index is 2.54. The van der Waals surface area contributed by atoms with Gasteiger partial charge in [-0.1, -0.05) is 37.7 Å². The van der Waals surface area contributed by atoms with Crippen LogP contribution in [0, 0.1) is 5.41 Å². The van der Waals surface area contributed by atoms with Crippen LogP contribution in [0.3, 0.4) is 0 Å². The van der Waals surface area contributed by atoms with Crippen LogP contribution in [0.2, 0.25) is 0 Å². The highest BCUT2D eigenvalue weighted by atomic mass is 79.9. The average Bonchev–Trinajstić information content (AvgIpc) is 2.48. The van der Waals surface area contributed by atoms with E-state index in [-0.39, 0.29) is 5.84 Å². The van der Waals surface area contributed by atoms with E-state index in [0.29, 0.717) is 10.6 Å². The lowest BCUT2D eigenvalue weighted by Crippen LogP contribution is -2.18. The van der Waals surface area contributed by atoms with Gasteiger partial charge in [0.2, 0.25) is 0 Å². The summed E-state index contributed by atoms with van der Waals surface area (Å²) in [6.07, 6.45) is 1.58. The molecule has 0 aliphatic rings. The minimum atomic E-state index is 0.0472. The second kappa shape index (κ2) is 7.04. The summed E-state index contributed by atoms with van der Waals surface area (Å²) in [5, 5.41) is 17.2. The summed E-state index contributed by atoms with van der Waals surface area (Å²) in [4.78, 5) is 1.03. The molecule has 0 radical (unpaired) electrons. The lowest BCUT2D eigenvalue weighted by atomic mass is 10.0. The summed E-state index contributed by atoms with van der Waals surface area (Å²) in [7, 11) is 0. The standard InChI is InChI=1S/C15H17BrN4S/c1-3-9-11(4-2)19-20-15(13(9)14(17)18)21-12-8-6-5-7-10(12)16/h5-8H,3-4H2,1-2H3,(H3,17,18). The lowest BCUT2D eigenvalue weighted by molar-refractivity contribution is 0.819. The Morgan fingerprint density at radius 3 is 2.52 bits per heavy atom. The van der Waals surface area contributed by atoms with E-state index in [9.17, 15) is 0 Å². The van der Waals surface area contributed by atoms with E-state index in [1.807, 2.05) is 31.2 Å². The first kappa shape index (κ1) is 16.0. The van der Waals surface area contributed by atoms with Crippen molar-refractivity contribution >= 4 is 33.5 Å². The fraction of sp³-hybridized carbons (Fsp3) is 0.267. The van der Waals surface area contributed by atoms with E-state index < -0.39 is 0 Å². The molecule has 4 nitrogen and oxygen atoms in total. The van der Waals surface area contributed by atoms with Crippen molar-refractivity contribution in [1.29, 1.82) is 5.41 Å². The number of hydrogen-bond donors (Lipinski definition) is 2. The summed E-state index contributed by atoms with van der Waals surface area (Å²) >= 11 is 5.00. The number of aromatic nitrogens is 2. The molecular formula is C15H17BrN4S. The zero-order valence-corrected chi connectivity index (χ0v) is 14.4. The Kier molecular flexibility index (Phi) is 5.36. The molecule has 1 aromatic carbocycles. The van der Waals surface area contributed by atoms with Gasteiger partial charge in [0.15, 0.2) is 0 Å². The minimum Gasteiger partial charge on any atom is -0.384 e. The Labute approximate surface area is 137 Å². The van der Waals surface area contributed by atoms with Crippen LogP contribution in [0.4, 0.5) is 0 Å². The summed E-state index contributed by atoms with van der Waals surface area (Å²) < 4.78 is 0.990. The normalized spacial score (nSPS) is 10.6. The maximum Gasteiger partial charge on any atom is 0.135 e. The topological polar surface area (TPSA) is 75.7 Å². The van der Waals surface area contributed by atoms with Gasteiger partial charge in [0.1, 0.15) is 10.9 Å². The van der Waals surface area contributed by atoms with E-state index in [2.05, 4.69) is 33.1 Å². The van der Waals surface area contributed by atoms with E-state index >= 15 is 0 Å². The molecule has 0 aliphatic heterocycles. The number of nitrogens with one attached hydrogen (secondary N) is 1. The third-order valence-corrected chi connectivity index (χ3v) is 5.14. The van der Waals surface area contributed by atoms with Crippen molar-refractivity contribution in [2.45, 2.75) is 36.6 Å². The molecule has 2 aromatic rings. The highest BCUT2D eigenvalue weighted by molar-refractivity contribution is 9.10. The summed E-state index contributed by atoms with van der Waals surface area (Å²) in [6.45, 7) is 4.09. The highest BCUT2D eigenvalue weighted by Crippen LogP contribution is 2.35.